The van der Waals surface area contributed by atoms with E-state index in [9.17, 15) is 19.2 Å². The van der Waals surface area contributed by atoms with Crippen molar-refractivity contribution in [3.05, 3.63) is 254 Å². The number of para-hydroxylation sites is 4. The summed E-state index contributed by atoms with van der Waals surface area (Å²) in [4.78, 5) is 65.6. The van der Waals surface area contributed by atoms with Crippen LogP contribution < -0.4 is 9.80 Å². The van der Waals surface area contributed by atoms with Crippen molar-refractivity contribution in [2.45, 2.75) is 0 Å². The number of rotatable bonds is 12. The van der Waals surface area contributed by atoms with E-state index in [1.807, 2.05) is 109 Å². The van der Waals surface area contributed by atoms with Crippen LogP contribution in [0.2, 0.25) is 0 Å². The van der Waals surface area contributed by atoms with Crippen molar-refractivity contribution in [3.8, 4) is 22.3 Å². The van der Waals surface area contributed by atoms with Crippen molar-refractivity contribution in [2.75, 3.05) is 22.9 Å². The number of imide groups is 2. The van der Waals surface area contributed by atoms with Crippen molar-refractivity contribution >= 4 is 101 Å². The maximum atomic E-state index is 14.8. The Morgan fingerprint density at radius 1 is 0.311 bits per heavy atom. The molecule has 0 aliphatic carbocycles. The zero-order chi connectivity index (χ0) is 50.2. The molecule has 2 heterocycles. The number of carbonyl (C=O) groups is 4. The second kappa shape index (κ2) is 17.4. The lowest BCUT2D eigenvalue weighted by molar-refractivity contribution is 0.0613. The SMILES string of the molecule is C=CCN1C(=O)c2ccc3c4c(-c5ccc(N(c6ccccc6)c6ccccc6)cc5)cc5c6c(ccc(c7c(-c8ccc(N(c9ccccc9)c9ccccc9)cc8)cc(c2c37)C1=O)c64)C(=O)N(CC=C)C5=O. The van der Waals surface area contributed by atoms with Gasteiger partial charge in [0.05, 0.1) is 0 Å². The first-order valence-electron chi connectivity index (χ1n) is 24.6. The summed E-state index contributed by atoms with van der Waals surface area (Å²) < 4.78 is 0. The summed E-state index contributed by atoms with van der Waals surface area (Å²) in [5.41, 5.74) is 10.7. The molecule has 352 valence electrons. The molecule has 2 aliphatic heterocycles. The number of hydrogen-bond donors (Lipinski definition) is 0. The Kier molecular flexibility index (Phi) is 10.4. The lowest BCUT2D eigenvalue weighted by Crippen LogP contribution is -2.40. The van der Waals surface area contributed by atoms with E-state index in [2.05, 4.69) is 120 Å². The van der Waals surface area contributed by atoms with Gasteiger partial charge in [-0.05, 0) is 152 Å². The van der Waals surface area contributed by atoms with E-state index in [1.54, 1.807) is 12.2 Å². The number of fused-ring (bicyclic) bond motifs is 2. The van der Waals surface area contributed by atoms with Gasteiger partial charge in [0.25, 0.3) is 23.6 Å². The number of amides is 4. The van der Waals surface area contributed by atoms with Gasteiger partial charge in [-0.2, -0.15) is 0 Å². The van der Waals surface area contributed by atoms with E-state index >= 15 is 0 Å². The van der Waals surface area contributed by atoms with E-state index in [1.165, 1.54) is 9.80 Å². The van der Waals surface area contributed by atoms with Crippen LogP contribution >= 0.6 is 0 Å². The number of hydrogen-bond acceptors (Lipinski definition) is 6. The van der Waals surface area contributed by atoms with Crippen LogP contribution in [0, 0.1) is 0 Å². The maximum absolute atomic E-state index is 14.8. The third kappa shape index (κ3) is 6.69. The summed E-state index contributed by atoms with van der Waals surface area (Å²) in [5.74, 6) is -1.61. The molecule has 4 amide bonds. The molecule has 11 aromatic rings. The van der Waals surface area contributed by atoms with Gasteiger partial charge >= 0.3 is 0 Å². The highest BCUT2D eigenvalue weighted by atomic mass is 16.2. The van der Waals surface area contributed by atoms with Crippen LogP contribution in [-0.2, 0) is 0 Å². The van der Waals surface area contributed by atoms with Crippen molar-refractivity contribution < 1.29 is 19.2 Å². The monoisotopic (exact) mass is 956 g/mol. The first-order valence-corrected chi connectivity index (χ1v) is 24.6. The predicted octanol–water partition coefficient (Wildman–Crippen LogP) is 15.6. The molecule has 13 rings (SSSR count). The van der Waals surface area contributed by atoms with E-state index in [4.69, 9.17) is 0 Å². The van der Waals surface area contributed by atoms with Crippen LogP contribution in [0.3, 0.4) is 0 Å². The van der Waals surface area contributed by atoms with Gasteiger partial charge in [-0.3, -0.25) is 29.0 Å². The second-order valence-corrected chi connectivity index (χ2v) is 18.6. The Hall–Kier alpha value is -9.92. The molecule has 0 fully saturated rings. The fourth-order valence-electron chi connectivity index (χ4n) is 11.4. The minimum absolute atomic E-state index is 0.0473. The van der Waals surface area contributed by atoms with Gasteiger partial charge in [0, 0.05) is 80.2 Å². The van der Waals surface area contributed by atoms with Crippen LogP contribution in [0.4, 0.5) is 34.1 Å². The lowest BCUT2D eigenvalue weighted by Gasteiger charge is -2.31. The van der Waals surface area contributed by atoms with Crippen LogP contribution in [0.25, 0.3) is 65.3 Å². The van der Waals surface area contributed by atoms with Gasteiger partial charge in [-0.15, -0.1) is 13.2 Å². The van der Waals surface area contributed by atoms with E-state index in [0.717, 1.165) is 88.7 Å². The molecule has 11 aromatic carbocycles. The smallest absolute Gasteiger partial charge is 0.261 e. The van der Waals surface area contributed by atoms with Gasteiger partial charge in [0.15, 0.2) is 0 Å². The first kappa shape index (κ1) is 44.1. The molecule has 0 saturated heterocycles. The molecule has 0 unspecified atom stereocenters. The molecule has 8 nitrogen and oxygen atoms in total. The molecule has 0 aromatic heterocycles. The normalized spacial score (nSPS) is 13.1. The largest absolute Gasteiger partial charge is 0.311 e. The van der Waals surface area contributed by atoms with Gasteiger partial charge in [0.2, 0.25) is 0 Å². The number of benzene rings is 11. The van der Waals surface area contributed by atoms with Crippen molar-refractivity contribution in [2.24, 2.45) is 0 Å². The summed E-state index contributed by atoms with van der Waals surface area (Å²) in [5, 5.41) is 5.83. The Balaban J connectivity index is 1.11. The Labute approximate surface area is 426 Å². The van der Waals surface area contributed by atoms with Crippen molar-refractivity contribution in [1.29, 1.82) is 0 Å². The van der Waals surface area contributed by atoms with Gasteiger partial charge < -0.3 is 9.80 Å². The Morgan fingerprint density at radius 2 is 0.608 bits per heavy atom. The summed E-state index contributed by atoms with van der Waals surface area (Å²) in [6, 6.07) is 68.8. The molecule has 0 spiro atoms. The van der Waals surface area contributed by atoms with Gasteiger partial charge in [-0.25, -0.2) is 0 Å². The van der Waals surface area contributed by atoms with Crippen LogP contribution in [0.5, 0.6) is 0 Å². The van der Waals surface area contributed by atoms with Crippen molar-refractivity contribution in [3.63, 3.8) is 0 Å². The highest BCUT2D eigenvalue weighted by Crippen LogP contribution is 2.52. The summed E-state index contributed by atoms with van der Waals surface area (Å²) in [6.07, 6.45) is 3.14. The minimum Gasteiger partial charge on any atom is -0.311 e. The molecule has 0 bridgehead atoms. The fourth-order valence-corrected chi connectivity index (χ4v) is 11.4. The molecular formula is C66H44N4O4. The summed E-state index contributed by atoms with van der Waals surface area (Å²) >= 11 is 0. The molecule has 74 heavy (non-hydrogen) atoms. The second-order valence-electron chi connectivity index (χ2n) is 18.6. The minimum atomic E-state index is -0.407. The standard InChI is InChI=1S/C66H44N4O4/c1-3-37-67-63(71)51-35-33-49-58-54(42-27-31-48(32-28-42)70(45-21-13-7-14-22-45)46-23-15-8-16-24-46)40-56-60-52(64(72)68(38-4-2)66(56)74)36-34-50(62(58)60)57-53(39-55(65(67)73)59(51)61(49)57)41-25-29-47(30-26-41)69(43-17-9-5-10-18-43)44-19-11-6-12-20-44/h3-36,39-40H,1-2,37-38H2. The summed E-state index contributed by atoms with van der Waals surface area (Å²) in [7, 11) is 0. The average Bonchev–Trinajstić information content (AvgIpc) is 3.46. The average molecular weight is 957 g/mol. The quantitative estimate of drug-likeness (QED) is 0.0525. The summed E-state index contributed by atoms with van der Waals surface area (Å²) in [6.45, 7) is 7.86. The van der Waals surface area contributed by atoms with Crippen LogP contribution in [-0.4, -0.2) is 46.5 Å². The third-order valence-corrected chi connectivity index (χ3v) is 14.6. The van der Waals surface area contributed by atoms with Gasteiger partial charge in [0.1, 0.15) is 0 Å². The maximum Gasteiger partial charge on any atom is 0.261 e. The number of nitrogens with zero attached hydrogens (tertiary/aromatic N) is 4. The first-order chi connectivity index (χ1) is 36.3. The van der Waals surface area contributed by atoms with E-state index < -0.39 is 23.6 Å². The third-order valence-electron chi connectivity index (χ3n) is 14.6. The van der Waals surface area contributed by atoms with Crippen LogP contribution in [0.1, 0.15) is 41.4 Å². The highest BCUT2D eigenvalue weighted by Gasteiger charge is 2.38. The lowest BCUT2D eigenvalue weighted by atomic mass is 9.78. The molecule has 2 aliphatic rings. The topological polar surface area (TPSA) is 81.2 Å². The predicted molar refractivity (Wildman–Crippen MR) is 299 cm³/mol. The molecule has 0 radical (unpaired) electrons. The molecular weight excluding hydrogens is 913 g/mol. The number of carbonyl (C=O) groups excluding carboxylic acids is 4. The molecule has 0 N–H and O–H groups in total. The van der Waals surface area contributed by atoms with Crippen LogP contribution in [0.15, 0.2) is 232 Å². The van der Waals surface area contributed by atoms with E-state index in [-0.39, 0.29) is 13.1 Å². The fraction of sp³-hybridized carbons (Fsp3) is 0.0303. The highest BCUT2D eigenvalue weighted by molar-refractivity contribution is 6.44. The zero-order valence-corrected chi connectivity index (χ0v) is 40.0. The number of anilines is 6. The van der Waals surface area contributed by atoms with E-state index in [0.29, 0.717) is 33.0 Å². The molecule has 0 atom stereocenters. The van der Waals surface area contributed by atoms with Gasteiger partial charge in [-0.1, -0.05) is 121 Å². The molecule has 0 saturated carbocycles. The molecule has 8 heteroatoms. The van der Waals surface area contributed by atoms with Crippen molar-refractivity contribution in [1.82, 2.24) is 9.80 Å². The zero-order valence-electron chi connectivity index (χ0n) is 40.0. The Morgan fingerprint density at radius 3 is 0.919 bits per heavy atom. The Bertz CT molecular complexity index is 3770.